The van der Waals surface area contributed by atoms with Gasteiger partial charge in [0.1, 0.15) is 6.04 Å². The van der Waals surface area contributed by atoms with Crippen LogP contribution in [0.3, 0.4) is 0 Å². The first kappa shape index (κ1) is 47.6. The lowest BCUT2D eigenvalue weighted by molar-refractivity contribution is -0.162. The van der Waals surface area contributed by atoms with E-state index in [4.69, 9.17) is 10.5 Å². The molecule has 0 rings (SSSR count). The van der Waals surface area contributed by atoms with Gasteiger partial charge in [-0.2, -0.15) is 0 Å². The van der Waals surface area contributed by atoms with Crippen LogP contribution in [0.4, 0.5) is 0 Å². The van der Waals surface area contributed by atoms with Crippen LogP contribution in [0.2, 0.25) is 0 Å². The van der Waals surface area contributed by atoms with E-state index in [9.17, 15) is 14.4 Å². The van der Waals surface area contributed by atoms with Crippen LogP contribution in [0.15, 0.2) is 0 Å². The molecule has 2 N–H and O–H groups in total. The first-order valence-corrected chi connectivity index (χ1v) is 21.7. The highest BCUT2D eigenvalue weighted by atomic mass is 16.5. The third-order valence-electron chi connectivity index (χ3n) is 9.99. The fraction of sp³-hybridized carbons (Fsp3) is 0.930. The lowest BCUT2D eigenvalue weighted by atomic mass is 10.0. The fourth-order valence-electron chi connectivity index (χ4n) is 6.80. The molecule has 0 spiro atoms. The summed E-state index contributed by atoms with van der Waals surface area (Å²) in [5.74, 6) is -0.858. The summed E-state index contributed by atoms with van der Waals surface area (Å²) in [6, 6.07) is -0.837. The number of amides is 2. The van der Waals surface area contributed by atoms with E-state index in [0.29, 0.717) is 45.3 Å². The van der Waals surface area contributed by atoms with E-state index in [0.717, 1.165) is 44.9 Å². The minimum atomic E-state index is -0.837. The molecule has 6 heteroatoms. The van der Waals surface area contributed by atoms with Crippen molar-refractivity contribution in [2.45, 2.75) is 245 Å². The van der Waals surface area contributed by atoms with Gasteiger partial charge in [0.25, 0.3) is 0 Å². The van der Waals surface area contributed by atoms with Gasteiger partial charge < -0.3 is 10.5 Å². The Morgan fingerprint density at radius 2 is 0.776 bits per heavy atom. The Morgan fingerprint density at radius 3 is 1.08 bits per heavy atom. The van der Waals surface area contributed by atoms with Crippen LogP contribution >= 0.6 is 0 Å². The number of carbonyl (C=O) groups excluding carboxylic acids is 3. The van der Waals surface area contributed by atoms with Crippen molar-refractivity contribution in [3.05, 3.63) is 0 Å². The molecule has 0 aliphatic heterocycles. The maximum absolute atomic E-state index is 13.6. The van der Waals surface area contributed by atoms with Crippen LogP contribution in [0.1, 0.15) is 239 Å². The highest BCUT2D eigenvalue weighted by molar-refractivity contribution is 5.99. The second-order valence-electron chi connectivity index (χ2n) is 14.8. The van der Waals surface area contributed by atoms with Gasteiger partial charge >= 0.3 is 5.97 Å². The van der Waals surface area contributed by atoms with E-state index in [1.165, 1.54) is 146 Å². The molecule has 0 aromatic heterocycles. The van der Waals surface area contributed by atoms with Crippen LogP contribution in [0.5, 0.6) is 0 Å². The summed E-state index contributed by atoms with van der Waals surface area (Å²) in [6.07, 6.45) is 38.4. The normalized spacial score (nSPS) is 11.9. The maximum Gasteiger partial charge on any atom is 0.329 e. The Kier molecular flexibility index (Phi) is 36.7. The van der Waals surface area contributed by atoms with Crippen molar-refractivity contribution in [2.24, 2.45) is 5.73 Å². The SMILES string of the molecule is CCCCCCCCCCCCCCCCCC(=O)N(C(=O)CCCCCCCCCCCCCCC)[C@@H](CCCCN)C(=O)OCCC. The number of hydrogen-bond acceptors (Lipinski definition) is 5. The molecule has 6 nitrogen and oxygen atoms in total. The quantitative estimate of drug-likeness (QED) is 0.0514. The van der Waals surface area contributed by atoms with Gasteiger partial charge in [0.05, 0.1) is 6.61 Å². The average molecular weight is 693 g/mol. The standard InChI is InChI=1S/C43H84N2O4/c1-4-7-9-11-13-15-17-19-20-22-24-26-28-30-32-37-42(47)45(40(35-33-34-38-44)43(48)49-39-6-3)41(46)36-31-29-27-25-23-21-18-16-14-12-10-8-5-2/h40H,4-39,44H2,1-3H3/t40-/m0/s1. The summed E-state index contributed by atoms with van der Waals surface area (Å²) in [5.41, 5.74) is 5.74. The molecule has 0 heterocycles. The largest absolute Gasteiger partial charge is 0.464 e. The lowest BCUT2D eigenvalue weighted by Gasteiger charge is -2.29. The number of rotatable bonds is 38. The molecule has 49 heavy (non-hydrogen) atoms. The molecule has 0 unspecified atom stereocenters. The second-order valence-corrected chi connectivity index (χ2v) is 14.8. The Balaban J connectivity index is 4.61. The van der Waals surface area contributed by atoms with E-state index in [2.05, 4.69) is 13.8 Å². The molecule has 0 saturated carbocycles. The average Bonchev–Trinajstić information content (AvgIpc) is 3.10. The van der Waals surface area contributed by atoms with Crippen LogP contribution in [0, 0.1) is 0 Å². The van der Waals surface area contributed by atoms with Crippen molar-refractivity contribution in [1.29, 1.82) is 0 Å². The Morgan fingerprint density at radius 1 is 0.449 bits per heavy atom. The summed E-state index contributed by atoms with van der Waals surface area (Å²) in [4.78, 5) is 41.6. The van der Waals surface area contributed by atoms with Crippen molar-refractivity contribution in [3.63, 3.8) is 0 Å². The zero-order chi connectivity index (χ0) is 36.0. The zero-order valence-corrected chi connectivity index (χ0v) is 33.2. The van der Waals surface area contributed by atoms with Crippen LogP contribution in [-0.4, -0.2) is 41.9 Å². The molecule has 2 amide bonds. The lowest BCUT2D eigenvalue weighted by Crippen LogP contribution is -2.49. The van der Waals surface area contributed by atoms with Gasteiger partial charge in [0.2, 0.25) is 11.8 Å². The summed E-state index contributed by atoms with van der Waals surface area (Å²) < 4.78 is 5.50. The second kappa shape index (κ2) is 37.8. The van der Waals surface area contributed by atoms with E-state index in [1.54, 1.807) is 0 Å². The molecule has 1 atom stereocenters. The zero-order valence-electron chi connectivity index (χ0n) is 33.2. The van der Waals surface area contributed by atoms with Crippen molar-refractivity contribution in [2.75, 3.05) is 13.2 Å². The molecule has 290 valence electrons. The predicted molar refractivity (Wildman–Crippen MR) is 210 cm³/mol. The van der Waals surface area contributed by atoms with Crippen molar-refractivity contribution >= 4 is 17.8 Å². The third-order valence-corrected chi connectivity index (χ3v) is 9.99. The molecule has 0 aliphatic carbocycles. The number of unbranched alkanes of at least 4 members (excludes halogenated alkanes) is 27. The smallest absolute Gasteiger partial charge is 0.329 e. The van der Waals surface area contributed by atoms with E-state index >= 15 is 0 Å². The summed E-state index contributed by atoms with van der Waals surface area (Å²) in [5, 5.41) is 0. The molecular formula is C43H84N2O4. The summed E-state index contributed by atoms with van der Waals surface area (Å²) >= 11 is 0. The maximum atomic E-state index is 13.6. The number of carbonyl (C=O) groups is 3. The number of nitrogens with zero attached hydrogens (tertiary/aromatic N) is 1. The van der Waals surface area contributed by atoms with E-state index in [1.807, 2.05) is 6.92 Å². The number of nitrogens with two attached hydrogens (primary N) is 1. The molecular weight excluding hydrogens is 608 g/mol. The van der Waals surface area contributed by atoms with Crippen molar-refractivity contribution < 1.29 is 19.1 Å². The number of imide groups is 1. The van der Waals surface area contributed by atoms with Crippen LogP contribution in [-0.2, 0) is 19.1 Å². The molecule has 0 saturated heterocycles. The van der Waals surface area contributed by atoms with Gasteiger partial charge in [-0.25, -0.2) is 4.79 Å². The Labute approximate surface area is 305 Å². The minimum absolute atomic E-state index is 0.208. The highest BCUT2D eigenvalue weighted by Gasteiger charge is 2.34. The van der Waals surface area contributed by atoms with Gasteiger partial charge in [0, 0.05) is 12.8 Å². The first-order chi connectivity index (χ1) is 24.0. The Bertz CT molecular complexity index is 743. The molecule has 0 aromatic carbocycles. The van der Waals surface area contributed by atoms with E-state index < -0.39 is 12.0 Å². The molecule has 0 aromatic rings. The van der Waals surface area contributed by atoms with Gasteiger partial charge in [-0.15, -0.1) is 0 Å². The van der Waals surface area contributed by atoms with E-state index in [-0.39, 0.29) is 11.8 Å². The molecule has 0 fully saturated rings. The molecule has 0 radical (unpaired) electrons. The summed E-state index contributed by atoms with van der Waals surface area (Å²) in [6.45, 7) is 7.32. The highest BCUT2D eigenvalue weighted by Crippen LogP contribution is 2.20. The van der Waals surface area contributed by atoms with Crippen molar-refractivity contribution in [3.8, 4) is 0 Å². The van der Waals surface area contributed by atoms with Gasteiger partial charge in [-0.1, -0.05) is 188 Å². The first-order valence-electron chi connectivity index (χ1n) is 21.7. The van der Waals surface area contributed by atoms with Gasteiger partial charge in [-0.3, -0.25) is 14.5 Å². The van der Waals surface area contributed by atoms with Crippen molar-refractivity contribution in [1.82, 2.24) is 4.90 Å². The monoisotopic (exact) mass is 693 g/mol. The van der Waals surface area contributed by atoms with Gasteiger partial charge in [0.15, 0.2) is 0 Å². The Hall–Kier alpha value is -1.43. The summed E-state index contributed by atoms with van der Waals surface area (Å²) in [7, 11) is 0. The van der Waals surface area contributed by atoms with Crippen LogP contribution < -0.4 is 5.73 Å². The topological polar surface area (TPSA) is 89.7 Å². The predicted octanol–water partition coefficient (Wildman–Crippen LogP) is 12.5. The number of ether oxygens (including phenoxy) is 1. The minimum Gasteiger partial charge on any atom is -0.464 e. The number of esters is 1. The third kappa shape index (κ3) is 30.0. The van der Waals surface area contributed by atoms with Gasteiger partial charge in [-0.05, 0) is 45.1 Å². The fourth-order valence-corrected chi connectivity index (χ4v) is 6.80. The van der Waals surface area contributed by atoms with Crippen LogP contribution in [0.25, 0.3) is 0 Å². The molecule has 0 bridgehead atoms. The molecule has 0 aliphatic rings. The number of hydrogen-bond donors (Lipinski definition) is 1.